The number of halogens is 3. The van der Waals surface area contributed by atoms with Gasteiger partial charge in [0, 0.05) is 44.3 Å². The first-order valence-electron chi connectivity index (χ1n) is 11.8. The molecule has 0 spiro atoms. The van der Waals surface area contributed by atoms with E-state index in [1.807, 2.05) is 0 Å². The average molecular weight is 488 g/mol. The first kappa shape index (κ1) is 27.7. The summed E-state index contributed by atoms with van der Waals surface area (Å²) in [6, 6.07) is 0.731. The zero-order valence-corrected chi connectivity index (χ0v) is 20.6. The molecule has 8 nitrogen and oxygen atoms in total. The molecule has 0 aromatic carbocycles. The number of carbonyl (C=O) groups excluding carboxylic acids is 2. The van der Waals surface area contributed by atoms with Gasteiger partial charge in [-0.05, 0) is 46.1 Å². The number of carbonyl (C=O) groups is 2. The number of amides is 2. The SMILES string of the molecule is CC(C)(C)OC(=O)NC1CCC(C(=O)N2CCN(c3nccc(C(F)(F)F)n3)CC2)C1.CCC. The lowest BCUT2D eigenvalue weighted by Crippen LogP contribution is -2.50. The van der Waals surface area contributed by atoms with E-state index in [4.69, 9.17) is 4.74 Å². The lowest BCUT2D eigenvalue weighted by atomic mass is 10.1. The minimum absolute atomic E-state index is 0.0121. The number of alkyl halides is 3. The molecule has 1 aromatic rings. The van der Waals surface area contributed by atoms with E-state index in [1.54, 1.807) is 30.6 Å². The number of anilines is 1. The molecule has 2 heterocycles. The van der Waals surface area contributed by atoms with Crippen LogP contribution in [-0.4, -0.2) is 64.7 Å². The summed E-state index contributed by atoms with van der Waals surface area (Å²) in [7, 11) is 0. The van der Waals surface area contributed by atoms with Crippen LogP contribution in [0.25, 0.3) is 0 Å². The summed E-state index contributed by atoms with van der Waals surface area (Å²) in [5.74, 6) is -0.154. The van der Waals surface area contributed by atoms with Crippen molar-refractivity contribution in [1.29, 1.82) is 0 Å². The molecule has 11 heteroatoms. The molecule has 2 atom stereocenters. The van der Waals surface area contributed by atoms with Gasteiger partial charge in [0.15, 0.2) is 0 Å². The Morgan fingerprint density at radius 1 is 1.12 bits per heavy atom. The van der Waals surface area contributed by atoms with Crippen LogP contribution in [0.4, 0.5) is 23.9 Å². The molecule has 3 rings (SSSR count). The molecule has 34 heavy (non-hydrogen) atoms. The minimum atomic E-state index is -4.53. The average Bonchev–Trinajstić information content (AvgIpc) is 3.20. The van der Waals surface area contributed by atoms with E-state index in [0.717, 1.165) is 12.3 Å². The zero-order chi connectivity index (χ0) is 25.5. The normalized spacial score (nSPS) is 20.9. The fourth-order valence-electron chi connectivity index (χ4n) is 3.85. The van der Waals surface area contributed by atoms with Gasteiger partial charge in [0.2, 0.25) is 11.9 Å². The van der Waals surface area contributed by atoms with Crippen molar-refractivity contribution < 1.29 is 27.5 Å². The third-order valence-electron chi connectivity index (χ3n) is 5.31. The maximum atomic E-state index is 12.9. The summed E-state index contributed by atoms with van der Waals surface area (Å²) in [6.07, 6.45) is -0.736. The standard InChI is InChI=1S/C20H28F3N5O3.C3H8/c1-19(2,3)31-18(30)25-14-5-4-13(12-14)16(29)27-8-10-28(11-9-27)17-24-7-6-15(26-17)20(21,22)23;1-3-2/h6-7,13-14H,4-5,8-12H2,1-3H3,(H,25,30);3H2,1-2H3. The van der Waals surface area contributed by atoms with Gasteiger partial charge in [-0.3, -0.25) is 4.79 Å². The number of hydrogen-bond donors (Lipinski definition) is 1. The van der Waals surface area contributed by atoms with Crippen molar-refractivity contribution in [3.05, 3.63) is 18.0 Å². The predicted molar refractivity (Wildman–Crippen MR) is 122 cm³/mol. The third kappa shape index (κ3) is 8.32. The molecule has 0 bridgehead atoms. The molecule has 192 valence electrons. The Kier molecular flexibility index (Phi) is 9.52. The fraction of sp³-hybridized carbons (Fsp3) is 0.739. The highest BCUT2D eigenvalue weighted by Gasteiger charge is 2.36. The van der Waals surface area contributed by atoms with Gasteiger partial charge in [-0.25, -0.2) is 14.8 Å². The van der Waals surface area contributed by atoms with Gasteiger partial charge < -0.3 is 19.9 Å². The van der Waals surface area contributed by atoms with Crippen molar-refractivity contribution in [2.24, 2.45) is 5.92 Å². The summed E-state index contributed by atoms with van der Waals surface area (Å²) >= 11 is 0. The number of hydrogen-bond acceptors (Lipinski definition) is 6. The zero-order valence-electron chi connectivity index (χ0n) is 20.6. The van der Waals surface area contributed by atoms with Gasteiger partial charge in [-0.15, -0.1) is 0 Å². The summed E-state index contributed by atoms with van der Waals surface area (Å²) in [5, 5.41) is 2.82. The second-order valence-electron chi connectivity index (χ2n) is 9.61. The van der Waals surface area contributed by atoms with Gasteiger partial charge in [0.1, 0.15) is 11.3 Å². The van der Waals surface area contributed by atoms with Crippen LogP contribution in [0.5, 0.6) is 0 Å². The Labute approximate surface area is 199 Å². The van der Waals surface area contributed by atoms with E-state index in [1.165, 1.54) is 6.42 Å². The highest BCUT2D eigenvalue weighted by atomic mass is 19.4. The summed E-state index contributed by atoms with van der Waals surface area (Å²) in [4.78, 5) is 35.7. The Morgan fingerprint density at radius 2 is 1.74 bits per heavy atom. The third-order valence-corrected chi connectivity index (χ3v) is 5.31. The molecule has 2 unspecified atom stereocenters. The quantitative estimate of drug-likeness (QED) is 0.686. The lowest BCUT2D eigenvalue weighted by Gasteiger charge is -2.36. The largest absolute Gasteiger partial charge is 0.444 e. The summed E-state index contributed by atoms with van der Waals surface area (Å²) in [5.41, 5.74) is -1.56. The molecular formula is C23H36F3N5O3. The van der Waals surface area contributed by atoms with Crippen molar-refractivity contribution >= 4 is 17.9 Å². The van der Waals surface area contributed by atoms with E-state index in [-0.39, 0.29) is 23.8 Å². The maximum Gasteiger partial charge on any atom is 0.433 e. The molecule has 2 fully saturated rings. The molecule has 2 amide bonds. The Bertz CT molecular complexity index is 821. The van der Waals surface area contributed by atoms with Crippen LogP contribution in [-0.2, 0) is 15.7 Å². The highest BCUT2D eigenvalue weighted by molar-refractivity contribution is 5.79. The number of aromatic nitrogens is 2. The molecule has 1 saturated carbocycles. The van der Waals surface area contributed by atoms with Crippen LogP contribution in [0.2, 0.25) is 0 Å². The summed E-state index contributed by atoms with van der Waals surface area (Å²) in [6.45, 7) is 11.1. The molecule has 1 saturated heterocycles. The summed E-state index contributed by atoms with van der Waals surface area (Å²) < 4.78 is 43.9. The van der Waals surface area contributed by atoms with Crippen molar-refractivity contribution in [3.63, 3.8) is 0 Å². The number of ether oxygens (including phenoxy) is 1. The van der Waals surface area contributed by atoms with E-state index in [0.29, 0.717) is 45.4 Å². The lowest BCUT2D eigenvalue weighted by molar-refractivity contribution is -0.141. The maximum absolute atomic E-state index is 12.9. The Hall–Kier alpha value is -2.59. The highest BCUT2D eigenvalue weighted by Crippen LogP contribution is 2.30. The number of piperazine rings is 1. The Balaban J connectivity index is 0.00000129. The van der Waals surface area contributed by atoms with Gasteiger partial charge >= 0.3 is 12.3 Å². The molecule has 2 aliphatic rings. The van der Waals surface area contributed by atoms with Crippen molar-refractivity contribution in [1.82, 2.24) is 20.2 Å². The predicted octanol–water partition coefficient (Wildman–Crippen LogP) is 4.25. The van der Waals surface area contributed by atoms with Crippen molar-refractivity contribution in [2.45, 2.75) is 78.1 Å². The van der Waals surface area contributed by atoms with E-state index in [2.05, 4.69) is 29.1 Å². The Morgan fingerprint density at radius 3 is 2.29 bits per heavy atom. The number of nitrogens with zero attached hydrogens (tertiary/aromatic N) is 4. The smallest absolute Gasteiger partial charge is 0.433 e. The van der Waals surface area contributed by atoms with Gasteiger partial charge in [0.25, 0.3) is 0 Å². The fourth-order valence-corrected chi connectivity index (χ4v) is 3.85. The van der Waals surface area contributed by atoms with E-state index in [9.17, 15) is 22.8 Å². The van der Waals surface area contributed by atoms with Gasteiger partial charge in [-0.2, -0.15) is 13.2 Å². The van der Waals surface area contributed by atoms with Gasteiger partial charge in [0.05, 0.1) is 0 Å². The first-order valence-corrected chi connectivity index (χ1v) is 11.8. The molecule has 0 radical (unpaired) electrons. The molecule has 1 aromatic heterocycles. The van der Waals surface area contributed by atoms with Gasteiger partial charge in [-0.1, -0.05) is 20.3 Å². The van der Waals surface area contributed by atoms with Crippen molar-refractivity contribution in [3.8, 4) is 0 Å². The van der Waals surface area contributed by atoms with Crippen LogP contribution in [0.1, 0.15) is 66.0 Å². The van der Waals surface area contributed by atoms with Crippen LogP contribution < -0.4 is 10.2 Å². The van der Waals surface area contributed by atoms with E-state index >= 15 is 0 Å². The molecule has 1 aliphatic heterocycles. The number of rotatable bonds is 3. The number of nitrogens with one attached hydrogen (secondary N) is 1. The second kappa shape index (κ2) is 11.7. The van der Waals surface area contributed by atoms with Crippen molar-refractivity contribution in [2.75, 3.05) is 31.1 Å². The topological polar surface area (TPSA) is 87.7 Å². The molecular weight excluding hydrogens is 451 g/mol. The van der Waals surface area contributed by atoms with E-state index < -0.39 is 23.6 Å². The van der Waals surface area contributed by atoms with Crippen LogP contribution >= 0.6 is 0 Å². The minimum Gasteiger partial charge on any atom is -0.444 e. The molecule has 1 N–H and O–H groups in total. The first-order chi connectivity index (χ1) is 15.8. The monoisotopic (exact) mass is 487 g/mol. The molecule has 1 aliphatic carbocycles. The van der Waals surface area contributed by atoms with Crippen LogP contribution in [0, 0.1) is 5.92 Å². The van der Waals surface area contributed by atoms with Crippen LogP contribution in [0.15, 0.2) is 12.3 Å². The second-order valence-corrected chi connectivity index (χ2v) is 9.61. The van der Waals surface area contributed by atoms with Crippen LogP contribution in [0.3, 0.4) is 0 Å². The number of alkyl carbamates (subject to hydrolysis) is 1.